The van der Waals surface area contributed by atoms with E-state index in [4.69, 9.17) is 4.98 Å². The normalized spacial score (nSPS) is 11.6. The molecule has 0 aliphatic carbocycles. The summed E-state index contributed by atoms with van der Waals surface area (Å²) in [5, 5.41) is 10.9. The molecule has 0 unspecified atom stereocenters. The van der Waals surface area contributed by atoms with E-state index >= 15 is 0 Å². The summed E-state index contributed by atoms with van der Waals surface area (Å²) in [6.45, 7) is 14.4. The predicted octanol–water partition coefficient (Wildman–Crippen LogP) is 9.10. The van der Waals surface area contributed by atoms with Gasteiger partial charge in [-0.15, -0.1) is 46.2 Å². The molecule has 0 aliphatic rings. The van der Waals surface area contributed by atoms with Gasteiger partial charge in [-0.3, -0.25) is 14.8 Å². The quantitative estimate of drug-likeness (QED) is 0.113. The number of thiophene rings is 1. The zero-order chi connectivity index (χ0) is 27.1. The molecule has 3 heterocycles. The second kappa shape index (κ2) is 14.7. The van der Waals surface area contributed by atoms with E-state index in [9.17, 15) is 9.90 Å². The van der Waals surface area contributed by atoms with Crippen molar-refractivity contribution in [3.05, 3.63) is 70.4 Å². The molecule has 6 heteroatoms. The van der Waals surface area contributed by atoms with E-state index in [1.54, 1.807) is 11.3 Å². The second-order valence-corrected chi connectivity index (χ2v) is 10.9. The SMILES string of the molecule is CCC(CC)C(=O)/C=C(\O)C(CC)CC.Cc1[c-]c(-c2nc3cccnc3c3sc(C)cc23)cc(C)c1.[Ir]. The number of fused-ring (bicyclic) bond motifs is 3. The first kappa shape index (κ1) is 31.8. The number of carbonyl (C=O) groups is 1. The maximum absolute atomic E-state index is 11.7. The Morgan fingerprint density at radius 2 is 1.68 bits per heavy atom. The van der Waals surface area contributed by atoms with Crippen LogP contribution >= 0.6 is 11.3 Å². The number of benzene rings is 1. The minimum absolute atomic E-state index is 0. The van der Waals surface area contributed by atoms with E-state index in [1.807, 2.05) is 46.0 Å². The Hall–Kier alpha value is -2.40. The molecule has 1 N–H and O–H groups in total. The number of ketones is 1. The Bertz CT molecular complexity index is 1380. The molecule has 4 nitrogen and oxygen atoms in total. The van der Waals surface area contributed by atoms with E-state index in [1.165, 1.54) is 26.6 Å². The van der Waals surface area contributed by atoms with Crippen LogP contribution in [0.2, 0.25) is 0 Å². The van der Waals surface area contributed by atoms with Crippen LogP contribution in [0.1, 0.15) is 69.4 Å². The van der Waals surface area contributed by atoms with Gasteiger partial charge in [-0.1, -0.05) is 41.5 Å². The molecule has 205 valence electrons. The predicted molar refractivity (Wildman–Crippen MR) is 157 cm³/mol. The molecule has 0 aliphatic heterocycles. The van der Waals surface area contributed by atoms with Gasteiger partial charge in [0.25, 0.3) is 0 Å². The third-order valence-electron chi connectivity index (χ3n) is 6.83. The largest absolute Gasteiger partial charge is 0.512 e. The molecule has 38 heavy (non-hydrogen) atoms. The van der Waals surface area contributed by atoms with Gasteiger partial charge in [-0.2, -0.15) is 0 Å². The Labute approximate surface area is 245 Å². The molecule has 0 spiro atoms. The van der Waals surface area contributed by atoms with Gasteiger partial charge in [0.1, 0.15) is 5.52 Å². The molecule has 0 saturated carbocycles. The number of aromatic nitrogens is 2. The number of aliphatic hydroxyl groups is 1. The van der Waals surface area contributed by atoms with Crippen LogP contribution in [-0.4, -0.2) is 20.9 Å². The van der Waals surface area contributed by atoms with Gasteiger partial charge in [0.2, 0.25) is 0 Å². The topological polar surface area (TPSA) is 63.1 Å². The summed E-state index contributed by atoms with van der Waals surface area (Å²) in [4.78, 5) is 22.4. The molecule has 1 aromatic carbocycles. The number of nitrogens with zero attached hydrogens (tertiary/aromatic N) is 2. The monoisotopic (exact) mass is 708 g/mol. The minimum Gasteiger partial charge on any atom is -0.512 e. The number of allylic oxidation sites excluding steroid dienone is 2. The van der Waals surface area contributed by atoms with E-state index in [2.05, 4.69) is 50.0 Å². The van der Waals surface area contributed by atoms with Crippen LogP contribution in [0.25, 0.3) is 32.4 Å². The van der Waals surface area contributed by atoms with Gasteiger partial charge in [0.15, 0.2) is 5.78 Å². The van der Waals surface area contributed by atoms with Crippen molar-refractivity contribution in [3.8, 4) is 11.3 Å². The minimum atomic E-state index is 0. The van der Waals surface area contributed by atoms with Gasteiger partial charge in [-0.25, -0.2) is 0 Å². The number of aliphatic hydroxyl groups excluding tert-OH is 1. The van der Waals surface area contributed by atoms with Crippen molar-refractivity contribution in [2.75, 3.05) is 0 Å². The van der Waals surface area contributed by atoms with Crippen LogP contribution in [-0.2, 0) is 24.9 Å². The second-order valence-electron chi connectivity index (χ2n) is 9.68. The van der Waals surface area contributed by atoms with Gasteiger partial charge >= 0.3 is 0 Å². The Balaban J connectivity index is 0.000000282. The average Bonchev–Trinajstić information content (AvgIpc) is 3.26. The summed E-state index contributed by atoms with van der Waals surface area (Å²) in [7, 11) is 0. The summed E-state index contributed by atoms with van der Waals surface area (Å²) >= 11 is 1.78. The van der Waals surface area contributed by atoms with Crippen molar-refractivity contribution in [3.63, 3.8) is 0 Å². The van der Waals surface area contributed by atoms with E-state index < -0.39 is 0 Å². The summed E-state index contributed by atoms with van der Waals surface area (Å²) < 4.78 is 1.21. The number of hydrogen-bond acceptors (Lipinski definition) is 5. The molecular weight excluding hydrogens is 669 g/mol. The van der Waals surface area contributed by atoms with Gasteiger partial charge in [0, 0.05) is 49.1 Å². The number of rotatable bonds is 8. The average molecular weight is 708 g/mol. The van der Waals surface area contributed by atoms with Crippen LogP contribution in [0.4, 0.5) is 0 Å². The van der Waals surface area contributed by atoms with E-state index in [-0.39, 0.29) is 43.5 Å². The van der Waals surface area contributed by atoms with Crippen LogP contribution in [0.3, 0.4) is 0 Å². The van der Waals surface area contributed by atoms with E-state index in [0.29, 0.717) is 0 Å². The zero-order valence-corrected chi connectivity index (χ0v) is 26.7. The van der Waals surface area contributed by atoms with Crippen molar-refractivity contribution >= 4 is 38.2 Å². The first-order valence-corrected chi connectivity index (χ1v) is 14.1. The fourth-order valence-corrected chi connectivity index (χ4v) is 5.73. The summed E-state index contributed by atoms with van der Waals surface area (Å²) in [5.74, 6) is 0.547. The summed E-state index contributed by atoms with van der Waals surface area (Å²) in [5.41, 5.74) is 6.38. The van der Waals surface area contributed by atoms with Crippen LogP contribution in [0.15, 0.2) is 48.4 Å². The molecule has 0 bridgehead atoms. The van der Waals surface area contributed by atoms with Crippen molar-refractivity contribution in [2.45, 2.75) is 74.1 Å². The van der Waals surface area contributed by atoms with E-state index in [0.717, 1.165) is 53.5 Å². The summed E-state index contributed by atoms with van der Waals surface area (Å²) in [6.07, 6.45) is 6.74. The van der Waals surface area contributed by atoms with Crippen molar-refractivity contribution < 1.29 is 30.0 Å². The van der Waals surface area contributed by atoms with Crippen LogP contribution in [0.5, 0.6) is 0 Å². The van der Waals surface area contributed by atoms with Gasteiger partial charge in [-0.05, 0) is 61.9 Å². The smallest absolute Gasteiger partial charge is 0.162 e. The number of hydrogen-bond donors (Lipinski definition) is 1. The number of carbonyl (C=O) groups excluding carboxylic acids is 1. The first-order valence-electron chi connectivity index (χ1n) is 13.3. The third-order valence-corrected chi connectivity index (χ3v) is 7.89. The Morgan fingerprint density at radius 1 is 1.03 bits per heavy atom. The standard InChI is InChI=1S/C19H15N2S.C13H24O2.Ir/c1-11-7-12(2)9-14(8-11)17-15-10-13(3)22-19(15)18-16(21-17)5-4-6-20-18;1-5-10(6-2)12(14)9-13(15)11(7-3)8-4;/h4-8,10H,1-3H3;9-11,14H,5-8H2,1-4H3;/q-1;;/b;12-9-;. The van der Waals surface area contributed by atoms with Crippen LogP contribution in [0, 0.1) is 38.7 Å². The molecule has 4 aromatic rings. The molecule has 0 saturated heterocycles. The maximum atomic E-state index is 11.7. The molecular formula is C32H39IrN2O2S-. The molecule has 0 fully saturated rings. The Kier molecular flexibility index (Phi) is 12.3. The van der Waals surface area contributed by atoms with Crippen molar-refractivity contribution in [1.82, 2.24) is 9.97 Å². The molecule has 4 rings (SSSR count). The van der Waals surface area contributed by atoms with Gasteiger partial charge < -0.3 is 5.11 Å². The fourth-order valence-electron chi connectivity index (χ4n) is 4.72. The molecule has 0 atom stereocenters. The zero-order valence-electron chi connectivity index (χ0n) is 23.5. The third kappa shape index (κ3) is 7.59. The van der Waals surface area contributed by atoms with Gasteiger partial charge in [0.05, 0.1) is 16.0 Å². The van der Waals surface area contributed by atoms with Crippen LogP contribution < -0.4 is 0 Å². The Morgan fingerprint density at radius 3 is 2.29 bits per heavy atom. The number of aryl methyl sites for hydroxylation is 3. The fraction of sp³-hybridized carbons (Fsp3) is 0.406. The number of pyridine rings is 2. The molecule has 1 radical (unpaired) electrons. The summed E-state index contributed by atoms with van der Waals surface area (Å²) in [6, 6.07) is 13.9. The maximum Gasteiger partial charge on any atom is 0.162 e. The first-order chi connectivity index (χ1) is 17.7. The van der Waals surface area contributed by atoms with Crippen molar-refractivity contribution in [1.29, 1.82) is 0 Å². The molecule has 3 aromatic heterocycles. The van der Waals surface area contributed by atoms with Crippen molar-refractivity contribution in [2.24, 2.45) is 11.8 Å². The molecule has 0 amide bonds.